The first-order valence-corrected chi connectivity index (χ1v) is 7.15. The minimum atomic E-state index is 0. The largest absolute Gasteiger partial charge is 0.356 e. The Labute approximate surface area is 136 Å². The number of hydrogen-bond donors (Lipinski definition) is 2. The van der Waals surface area contributed by atoms with Crippen LogP contribution in [0, 0.1) is 19.8 Å². The van der Waals surface area contributed by atoms with Crippen molar-refractivity contribution < 1.29 is 4.79 Å². The zero-order chi connectivity index (χ0) is 15.4. The Morgan fingerprint density at radius 2 is 2.18 bits per heavy atom. The van der Waals surface area contributed by atoms with Crippen LogP contribution in [0.4, 0.5) is 0 Å². The van der Waals surface area contributed by atoms with Gasteiger partial charge in [-0.25, -0.2) is 9.50 Å². The van der Waals surface area contributed by atoms with Crippen molar-refractivity contribution in [3.63, 3.8) is 0 Å². The Balaban J connectivity index is 0.00000242. The predicted molar refractivity (Wildman–Crippen MR) is 87.1 cm³/mol. The molecule has 122 valence electrons. The quantitative estimate of drug-likeness (QED) is 0.818. The topological polar surface area (TPSA) is 98.2 Å². The van der Waals surface area contributed by atoms with Gasteiger partial charge < -0.3 is 11.1 Å². The van der Waals surface area contributed by atoms with Gasteiger partial charge in [-0.2, -0.15) is 10.1 Å². The van der Waals surface area contributed by atoms with E-state index < -0.39 is 0 Å². The second-order valence-corrected chi connectivity index (χ2v) is 5.38. The SMILES string of the molecule is Cc1nc2ncnn2c(C)c1CCC(=O)NCC(C)CN.Cl. The summed E-state index contributed by atoms with van der Waals surface area (Å²) in [4.78, 5) is 20.4. The van der Waals surface area contributed by atoms with E-state index in [4.69, 9.17) is 5.73 Å². The van der Waals surface area contributed by atoms with Gasteiger partial charge in [-0.15, -0.1) is 12.4 Å². The first kappa shape index (κ1) is 18.3. The Hall–Kier alpha value is -1.73. The van der Waals surface area contributed by atoms with Crippen molar-refractivity contribution >= 4 is 24.1 Å². The van der Waals surface area contributed by atoms with Crippen LogP contribution in [0.1, 0.15) is 30.3 Å². The van der Waals surface area contributed by atoms with E-state index in [-0.39, 0.29) is 18.3 Å². The van der Waals surface area contributed by atoms with E-state index in [0.717, 1.165) is 17.0 Å². The number of aryl methyl sites for hydroxylation is 2. The lowest BCUT2D eigenvalue weighted by atomic mass is 10.1. The average Bonchev–Trinajstić information content (AvgIpc) is 2.92. The van der Waals surface area contributed by atoms with E-state index in [1.54, 1.807) is 4.52 Å². The summed E-state index contributed by atoms with van der Waals surface area (Å²) in [5, 5.41) is 7.05. The molecule has 0 saturated carbocycles. The van der Waals surface area contributed by atoms with E-state index in [1.165, 1.54) is 6.33 Å². The number of halogens is 1. The maximum Gasteiger partial charge on any atom is 0.252 e. The molecule has 1 unspecified atom stereocenters. The van der Waals surface area contributed by atoms with Gasteiger partial charge >= 0.3 is 0 Å². The molecule has 0 bridgehead atoms. The minimum Gasteiger partial charge on any atom is -0.356 e. The van der Waals surface area contributed by atoms with Gasteiger partial charge in [0.25, 0.3) is 5.78 Å². The molecule has 0 aliphatic heterocycles. The first-order chi connectivity index (χ1) is 10.0. The van der Waals surface area contributed by atoms with Crippen molar-refractivity contribution in [3.05, 3.63) is 23.3 Å². The molecular weight excluding hydrogens is 304 g/mol. The summed E-state index contributed by atoms with van der Waals surface area (Å²) in [6.45, 7) is 7.11. The summed E-state index contributed by atoms with van der Waals surface area (Å²) in [5.74, 6) is 0.924. The molecule has 0 saturated heterocycles. The van der Waals surface area contributed by atoms with Gasteiger partial charge in [0, 0.05) is 24.4 Å². The monoisotopic (exact) mass is 326 g/mol. The van der Waals surface area contributed by atoms with Crippen molar-refractivity contribution in [2.45, 2.75) is 33.6 Å². The molecule has 22 heavy (non-hydrogen) atoms. The number of nitrogens with one attached hydrogen (secondary N) is 1. The van der Waals surface area contributed by atoms with Gasteiger partial charge in [0.05, 0.1) is 0 Å². The zero-order valence-corrected chi connectivity index (χ0v) is 14.0. The van der Waals surface area contributed by atoms with Crippen LogP contribution in [-0.2, 0) is 11.2 Å². The molecular formula is C14H23ClN6O. The lowest BCUT2D eigenvalue weighted by Crippen LogP contribution is -2.31. The zero-order valence-electron chi connectivity index (χ0n) is 13.2. The second kappa shape index (κ2) is 8.05. The minimum absolute atomic E-state index is 0. The molecule has 0 spiro atoms. The molecule has 0 aromatic carbocycles. The van der Waals surface area contributed by atoms with E-state index in [9.17, 15) is 4.79 Å². The number of rotatable bonds is 6. The smallest absolute Gasteiger partial charge is 0.252 e. The van der Waals surface area contributed by atoms with Gasteiger partial charge in [-0.05, 0) is 38.3 Å². The molecule has 0 aliphatic rings. The number of carbonyl (C=O) groups is 1. The predicted octanol–water partition coefficient (Wildman–Crippen LogP) is 0.807. The van der Waals surface area contributed by atoms with Crippen LogP contribution >= 0.6 is 12.4 Å². The molecule has 7 nitrogen and oxygen atoms in total. The maximum absolute atomic E-state index is 11.9. The Morgan fingerprint density at radius 3 is 2.86 bits per heavy atom. The number of amides is 1. The fourth-order valence-electron chi connectivity index (χ4n) is 2.22. The summed E-state index contributed by atoms with van der Waals surface area (Å²) < 4.78 is 1.71. The van der Waals surface area contributed by atoms with Crippen LogP contribution in [0.15, 0.2) is 6.33 Å². The molecule has 0 fully saturated rings. The molecule has 0 aliphatic carbocycles. The summed E-state index contributed by atoms with van der Waals surface area (Å²) in [7, 11) is 0. The van der Waals surface area contributed by atoms with Crippen LogP contribution in [0.2, 0.25) is 0 Å². The van der Waals surface area contributed by atoms with Crippen molar-refractivity contribution in [3.8, 4) is 0 Å². The average molecular weight is 327 g/mol. The van der Waals surface area contributed by atoms with E-state index >= 15 is 0 Å². The Bertz CT molecular complexity index is 642. The molecule has 8 heteroatoms. The molecule has 1 atom stereocenters. The van der Waals surface area contributed by atoms with Crippen molar-refractivity contribution in [2.24, 2.45) is 11.7 Å². The fraction of sp³-hybridized carbons (Fsp3) is 0.571. The molecule has 3 N–H and O–H groups in total. The van der Waals surface area contributed by atoms with E-state index in [1.807, 2.05) is 20.8 Å². The molecule has 2 rings (SSSR count). The highest BCUT2D eigenvalue weighted by Crippen LogP contribution is 2.14. The summed E-state index contributed by atoms with van der Waals surface area (Å²) in [6.07, 6.45) is 2.56. The highest BCUT2D eigenvalue weighted by atomic mass is 35.5. The van der Waals surface area contributed by atoms with Crippen LogP contribution in [0.25, 0.3) is 5.78 Å². The number of aromatic nitrogens is 4. The maximum atomic E-state index is 11.9. The van der Waals surface area contributed by atoms with Crippen molar-refractivity contribution in [2.75, 3.05) is 13.1 Å². The van der Waals surface area contributed by atoms with E-state index in [2.05, 4.69) is 20.4 Å². The molecule has 0 radical (unpaired) electrons. The highest BCUT2D eigenvalue weighted by molar-refractivity contribution is 5.85. The van der Waals surface area contributed by atoms with E-state index in [0.29, 0.717) is 37.6 Å². The number of nitrogens with zero attached hydrogens (tertiary/aromatic N) is 4. The molecule has 2 aromatic heterocycles. The third-order valence-corrected chi connectivity index (χ3v) is 3.64. The Kier molecular flexibility index (Phi) is 6.70. The summed E-state index contributed by atoms with van der Waals surface area (Å²) in [6, 6.07) is 0. The number of carbonyl (C=O) groups excluding carboxylic acids is 1. The van der Waals surface area contributed by atoms with Crippen LogP contribution in [0.5, 0.6) is 0 Å². The van der Waals surface area contributed by atoms with Crippen molar-refractivity contribution in [1.29, 1.82) is 0 Å². The normalized spacial score (nSPS) is 12.0. The fourth-order valence-corrected chi connectivity index (χ4v) is 2.22. The van der Waals surface area contributed by atoms with Crippen LogP contribution in [-0.4, -0.2) is 38.6 Å². The van der Waals surface area contributed by atoms with Gasteiger partial charge in [0.1, 0.15) is 6.33 Å². The highest BCUT2D eigenvalue weighted by Gasteiger charge is 2.12. The lowest BCUT2D eigenvalue weighted by Gasteiger charge is -2.12. The van der Waals surface area contributed by atoms with Gasteiger partial charge in [0.15, 0.2) is 0 Å². The third-order valence-electron chi connectivity index (χ3n) is 3.64. The number of hydrogen-bond acceptors (Lipinski definition) is 5. The molecule has 2 aromatic rings. The van der Waals surface area contributed by atoms with Gasteiger partial charge in [-0.3, -0.25) is 4.79 Å². The van der Waals surface area contributed by atoms with Crippen LogP contribution in [0.3, 0.4) is 0 Å². The molecule has 1 amide bonds. The van der Waals surface area contributed by atoms with Crippen LogP contribution < -0.4 is 11.1 Å². The van der Waals surface area contributed by atoms with Crippen molar-refractivity contribution in [1.82, 2.24) is 24.9 Å². The third kappa shape index (κ3) is 4.14. The molecule has 2 heterocycles. The Morgan fingerprint density at radius 1 is 1.45 bits per heavy atom. The lowest BCUT2D eigenvalue weighted by molar-refractivity contribution is -0.121. The second-order valence-electron chi connectivity index (χ2n) is 5.38. The first-order valence-electron chi connectivity index (χ1n) is 7.15. The van der Waals surface area contributed by atoms with Gasteiger partial charge in [-0.1, -0.05) is 6.92 Å². The number of fused-ring (bicyclic) bond motifs is 1. The summed E-state index contributed by atoms with van der Waals surface area (Å²) in [5.41, 5.74) is 8.46. The van der Waals surface area contributed by atoms with Gasteiger partial charge in [0.2, 0.25) is 5.91 Å². The standard InChI is InChI=1S/C14H22N6O.ClH/c1-9(6-15)7-16-13(21)5-4-12-10(2)19-14-17-8-18-20(14)11(12)3;/h8-9H,4-7,15H2,1-3H3,(H,16,21);1H. The number of nitrogens with two attached hydrogens (primary N) is 1. The summed E-state index contributed by atoms with van der Waals surface area (Å²) >= 11 is 0.